The van der Waals surface area contributed by atoms with Crippen LogP contribution in [0.5, 0.6) is 5.75 Å². The molecule has 4 rings (SSSR count). The molecule has 7 heteroatoms. The molecule has 0 radical (unpaired) electrons. The van der Waals surface area contributed by atoms with Crippen LogP contribution >= 0.6 is 0 Å². The van der Waals surface area contributed by atoms with E-state index in [1.165, 1.54) is 30.3 Å². The van der Waals surface area contributed by atoms with Crippen molar-refractivity contribution in [2.45, 2.75) is 31.3 Å². The summed E-state index contributed by atoms with van der Waals surface area (Å²) in [6.07, 6.45) is 1.99. The third kappa shape index (κ3) is 4.38. The number of nitrogens with one attached hydrogen (secondary N) is 1. The number of anilines is 1. The lowest BCUT2D eigenvalue weighted by molar-refractivity contribution is 0.0697. The summed E-state index contributed by atoms with van der Waals surface area (Å²) in [6.45, 7) is 5.92. The van der Waals surface area contributed by atoms with Gasteiger partial charge in [-0.25, -0.2) is 13.2 Å². The van der Waals surface area contributed by atoms with Gasteiger partial charge in [-0.05, 0) is 80.4 Å². The van der Waals surface area contributed by atoms with Crippen LogP contribution in [0.3, 0.4) is 0 Å². The molecule has 0 saturated heterocycles. The molecule has 0 atom stereocenters. The number of aromatic carboxylic acids is 1. The molecule has 6 nitrogen and oxygen atoms in total. The number of carboxylic acid groups (broad SMARTS) is 1. The van der Waals surface area contributed by atoms with Crippen LogP contribution in [0.1, 0.15) is 40.9 Å². The number of sulfonamides is 1. The molecule has 32 heavy (non-hydrogen) atoms. The summed E-state index contributed by atoms with van der Waals surface area (Å²) >= 11 is 0. The van der Waals surface area contributed by atoms with E-state index in [1.807, 2.05) is 51.1 Å². The Kier molecular flexibility index (Phi) is 5.30. The minimum atomic E-state index is -3.90. The fraction of sp³-hybridized carbons (Fsp3) is 0.160. The van der Waals surface area contributed by atoms with Gasteiger partial charge in [0.05, 0.1) is 10.5 Å². The number of hydrogen-bond donors (Lipinski definition) is 2. The van der Waals surface area contributed by atoms with Gasteiger partial charge in [0.2, 0.25) is 0 Å². The van der Waals surface area contributed by atoms with Crippen LogP contribution in [-0.4, -0.2) is 25.1 Å². The van der Waals surface area contributed by atoms with Gasteiger partial charge < -0.3 is 9.84 Å². The third-order valence-corrected chi connectivity index (χ3v) is 6.54. The molecular weight excluding hydrogens is 426 g/mol. The van der Waals surface area contributed by atoms with E-state index in [0.29, 0.717) is 11.3 Å². The van der Waals surface area contributed by atoms with Gasteiger partial charge in [-0.1, -0.05) is 29.8 Å². The highest BCUT2D eigenvalue weighted by Crippen LogP contribution is 2.40. The second-order valence-electron chi connectivity index (χ2n) is 8.28. The summed E-state index contributed by atoms with van der Waals surface area (Å²) in [7, 11) is -3.90. The van der Waals surface area contributed by atoms with Crippen molar-refractivity contribution in [1.29, 1.82) is 0 Å². The second kappa shape index (κ2) is 7.84. The monoisotopic (exact) mass is 449 g/mol. The van der Waals surface area contributed by atoms with Crippen LogP contribution in [-0.2, 0) is 10.0 Å². The Hall–Kier alpha value is -3.58. The fourth-order valence-electron chi connectivity index (χ4n) is 3.58. The zero-order valence-corrected chi connectivity index (χ0v) is 18.7. The quantitative estimate of drug-likeness (QED) is 0.566. The number of hydrogen-bond acceptors (Lipinski definition) is 4. The summed E-state index contributed by atoms with van der Waals surface area (Å²) in [5.74, 6) is -0.467. The van der Waals surface area contributed by atoms with Gasteiger partial charge in [-0.15, -0.1) is 0 Å². The number of aryl methyl sites for hydroxylation is 1. The van der Waals surface area contributed by atoms with E-state index in [9.17, 15) is 13.2 Å². The fourth-order valence-corrected chi connectivity index (χ4v) is 4.67. The highest BCUT2D eigenvalue weighted by atomic mass is 32.2. The first-order valence-electron chi connectivity index (χ1n) is 10.0. The topological polar surface area (TPSA) is 92.7 Å². The molecule has 3 aromatic carbocycles. The van der Waals surface area contributed by atoms with Crippen molar-refractivity contribution in [3.8, 4) is 5.75 Å². The number of carboxylic acids is 1. The molecule has 0 aliphatic carbocycles. The maximum absolute atomic E-state index is 13.0. The normalized spacial score (nSPS) is 14.7. The Morgan fingerprint density at radius 2 is 1.62 bits per heavy atom. The van der Waals surface area contributed by atoms with Gasteiger partial charge >= 0.3 is 5.97 Å². The summed E-state index contributed by atoms with van der Waals surface area (Å²) in [5, 5.41) is 9.01. The molecule has 0 fully saturated rings. The van der Waals surface area contributed by atoms with Crippen LogP contribution in [0.2, 0.25) is 0 Å². The maximum atomic E-state index is 13.0. The van der Waals surface area contributed by atoms with Crippen molar-refractivity contribution < 1.29 is 23.1 Å². The standard InChI is InChI=1S/C25H23NO5S/c1-16-4-6-17(7-5-16)22-15-25(2,3)31-23-13-12-20(14-21(22)23)32(29,30)26-19-10-8-18(9-11-19)24(27)28/h4-15,26H,1-3H3,(H,27,28). The van der Waals surface area contributed by atoms with Gasteiger partial charge in [0.15, 0.2) is 0 Å². The first kappa shape index (κ1) is 21.6. The molecule has 1 aliphatic rings. The second-order valence-corrected chi connectivity index (χ2v) is 9.96. The van der Waals surface area contributed by atoms with Crippen molar-refractivity contribution in [2.24, 2.45) is 0 Å². The van der Waals surface area contributed by atoms with E-state index in [4.69, 9.17) is 9.84 Å². The van der Waals surface area contributed by atoms with Gasteiger partial charge in [0, 0.05) is 11.3 Å². The van der Waals surface area contributed by atoms with Gasteiger partial charge in [0.25, 0.3) is 10.0 Å². The first-order valence-corrected chi connectivity index (χ1v) is 11.5. The number of benzene rings is 3. The third-order valence-electron chi connectivity index (χ3n) is 5.16. The molecule has 164 valence electrons. The largest absolute Gasteiger partial charge is 0.483 e. The van der Waals surface area contributed by atoms with E-state index in [2.05, 4.69) is 4.72 Å². The smallest absolute Gasteiger partial charge is 0.335 e. The van der Waals surface area contributed by atoms with Crippen molar-refractivity contribution in [2.75, 3.05) is 4.72 Å². The van der Waals surface area contributed by atoms with E-state index in [0.717, 1.165) is 16.7 Å². The minimum Gasteiger partial charge on any atom is -0.483 e. The van der Waals surface area contributed by atoms with E-state index in [-0.39, 0.29) is 16.1 Å². The van der Waals surface area contributed by atoms with Crippen molar-refractivity contribution in [3.63, 3.8) is 0 Å². The zero-order valence-electron chi connectivity index (χ0n) is 17.9. The Balaban J connectivity index is 1.72. The molecule has 1 aliphatic heterocycles. The number of fused-ring (bicyclic) bond motifs is 1. The molecule has 1 heterocycles. The molecule has 0 bridgehead atoms. The predicted molar refractivity (Wildman–Crippen MR) is 124 cm³/mol. The Labute approximate surface area is 187 Å². The van der Waals surface area contributed by atoms with E-state index >= 15 is 0 Å². The van der Waals surface area contributed by atoms with Gasteiger partial charge in [-0.3, -0.25) is 4.72 Å². The van der Waals surface area contributed by atoms with E-state index in [1.54, 1.807) is 12.1 Å². The van der Waals surface area contributed by atoms with Crippen molar-refractivity contribution >= 4 is 27.3 Å². The van der Waals surface area contributed by atoms with Gasteiger partial charge in [0.1, 0.15) is 11.4 Å². The van der Waals surface area contributed by atoms with Crippen molar-refractivity contribution in [1.82, 2.24) is 0 Å². The summed E-state index contributed by atoms with van der Waals surface area (Å²) in [6, 6.07) is 18.4. The first-order chi connectivity index (χ1) is 15.0. The van der Waals surface area contributed by atoms with Crippen molar-refractivity contribution in [3.05, 3.63) is 95.1 Å². The molecule has 0 unspecified atom stereocenters. The average molecular weight is 450 g/mol. The Morgan fingerprint density at radius 3 is 2.25 bits per heavy atom. The molecule has 0 amide bonds. The summed E-state index contributed by atoms with van der Waals surface area (Å²) in [5.41, 5.74) is 3.51. The lowest BCUT2D eigenvalue weighted by Gasteiger charge is -2.31. The number of carbonyl (C=O) groups is 1. The zero-order chi connectivity index (χ0) is 23.1. The van der Waals surface area contributed by atoms with E-state index < -0.39 is 21.6 Å². The number of ether oxygens (including phenoxy) is 1. The lowest BCUT2D eigenvalue weighted by atomic mass is 9.90. The maximum Gasteiger partial charge on any atom is 0.335 e. The van der Waals surface area contributed by atoms with Crippen LogP contribution in [0.4, 0.5) is 5.69 Å². The molecular formula is C25H23NO5S. The molecule has 3 aromatic rings. The molecule has 2 N–H and O–H groups in total. The highest BCUT2D eigenvalue weighted by Gasteiger charge is 2.29. The number of rotatable bonds is 5. The molecule has 0 saturated carbocycles. The highest BCUT2D eigenvalue weighted by molar-refractivity contribution is 7.92. The van der Waals surface area contributed by atoms with Crippen LogP contribution in [0.15, 0.2) is 77.7 Å². The molecule has 0 aromatic heterocycles. The van der Waals surface area contributed by atoms with Gasteiger partial charge in [-0.2, -0.15) is 0 Å². The van der Waals surface area contributed by atoms with Crippen LogP contribution in [0.25, 0.3) is 5.57 Å². The summed E-state index contributed by atoms with van der Waals surface area (Å²) in [4.78, 5) is 11.1. The SMILES string of the molecule is Cc1ccc(C2=CC(C)(C)Oc3ccc(S(=O)(=O)Nc4ccc(C(=O)O)cc4)cc32)cc1. The Morgan fingerprint density at radius 1 is 0.969 bits per heavy atom. The van der Waals surface area contributed by atoms with Crippen LogP contribution < -0.4 is 9.46 Å². The minimum absolute atomic E-state index is 0.0781. The Bertz CT molecular complexity index is 1320. The van der Waals surface area contributed by atoms with Crippen LogP contribution in [0, 0.1) is 6.92 Å². The lowest BCUT2D eigenvalue weighted by Crippen LogP contribution is -2.29. The summed E-state index contributed by atoms with van der Waals surface area (Å²) < 4.78 is 34.6. The predicted octanol–water partition coefficient (Wildman–Crippen LogP) is 5.10. The average Bonchev–Trinajstić information content (AvgIpc) is 2.73. The molecule has 0 spiro atoms.